The number of aliphatic hydroxyl groups is 2. The van der Waals surface area contributed by atoms with Gasteiger partial charge in [-0.05, 0) is 12.8 Å². The molecule has 0 fully saturated rings. The number of hydrogen-bond acceptors (Lipinski definition) is 2. The lowest BCUT2D eigenvalue weighted by Crippen LogP contribution is -2.19. The summed E-state index contributed by atoms with van der Waals surface area (Å²) < 4.78 is 34.5. The molecular formula is C6H11F3O2. The Morgan fingerprint density at radius 2 is 1.82 bits per heavy atom. The van der Waals surface area contributed by atoms with Gasteiger partial charge in [-0.15, -0.1) is 0 Å². The lowest BCUT2D eigenvalue weighted by Gasteiger charge is -2.11. The van der Waals surface area contributed by atoms with Crippen molar-refractivity contribution in [3.63, 3.8) is 0 Å². The van der Waals surface area contributed by atoms with E-state index in [9.17, 15) is 13.2 Å². The third-order valence-corrected chi connectivity index (χ3v) is 1.16. The molecule has 0 saturated heterocycles. The summed E-state index contributed by atoms with van der Waals surface area (Å²) >= 11 is 0. The molecule has 0 aliphatic heterocycles. The first-order valence-corrected chi connectivity index (χ1v) is 3.31. The van der Waals surface area contributed by atoms with E-state index in [2.05, 4.69) is 0 Å². The summed E-state index contributed by atoms with van der Waals surface area (Å²) in [7, 11) is 0. The molecule has 2 nitrogen and oxygen atoms in total. The minimum absolute atomic E-state index is 0.00396. The van der Waals surface area contributed by atoms with Gasteiger partial charge in [-0.1, -0.05) is 0 Å². The average molecular weight is 172 g/mol. The van der Waals surface area contributed by atoms with Gasteiger partial charge in [0.1, 0.15) is 0 Å². The first-order valence-electron chi connectivity index (χ1n) is 3.31. The summed E-state index contributed by atoms with van der Waals surface area (Å²) in [6.07, 6.45) is -6.67. The fourth-order valence-corrected chi connectivity index (χ4v) is 0.696. The Bertz CT molecular complexity index is 102. The summed E-state index contributed by atoms with van der Waals surface area (Å²) in [6, 6.07) is 0. The van der Waals surface area contributed by atoms with Crippen LogP contribution < -0.4 is 0 Å². The fourth-order valence-electron chi connectivity index (χ4n) is 0.696. The highest BCUT2D eigenvalue weighted by molar-refractivity contribution is 4.61. The lowest BCUT2D eigenvalue weighted by atomic mass is 10.1. The highest BCUT2D eigenvalue weighted by Crippen LogP contribution is 2.22. The van der Waals surface area contributed by atoms with Gasteiger partial charge in [0.05, 0.1) is 12.5 Å². The van der Waals surface area contributed by atoms with E-state index in [1.165, 1.54) is 0 Å². The van der Waals surface area contributed by atoms with E-state index < -0.39 is 18.7 Å². The Labute approximate surface area is 62.6 Å². The van der Waals surface area contributed by atoms with Crippen LogP contribution in [0.5, 0.6) is 0 Å². The largest absolute Gasteiger partial charge is 0.396 e. The molecule has 0 amide bonds. The molecule has 0 aromatic rings. The van der Waals surface area contributed by atoms with Crippen molar-refractivity contribution in [1.82, 2.24) is 0 Å². The molecule has 0 heterocycles. The molecule has 0 rings (SSSR count). The van der Waals surface area contributed by atoms with E-state index in [0.717, 1.165) is 0 Å². The van der Waals surface area contributed by atoms with Crippen LogP contribution in [0.2, 0.25) is 0 Å². The van der Waals surface area contributed by atoms with Crippen molar-refractivity contribution in [1.29, 1.82) is 0 Å². The number of rotatable bonds is 4. The lowest BCUT2D eigenvalue weighted by molar-refractivity contribution is -0.154. The van der Waals surface area contributed by atoms with Crippen LogP contribution in [0.3, 0.4) is 0 Å². The second-order valence-corrected chi connectivity index (χ2v) is 2.34. The Morgan fingerprint density at radius 3 is 2.18 bits per heavy atom. The SMILES string of the molecule is OCCCC(O)CC(F)(F)F. The number of hydrogen-bond donors (Lipinski definition) is 2. The smallest absolute Gasteiger partial charge is 0.391 e. The topological polar surface area (TPSA) is 40.5 Å². The van der Waals surface area contributed by atoms with Crippen LogP contribution in [0.25, 0.3) is 0 Å². The molecule has 0 aliphatic rings. The number of aliphatic hydroxyl groups excluding tert-OH is 2. The van der Waals surface area contributed by atoms with Crippen molar-refractivity contribution in [2.24, 2.45) is 0 Å². The molecule has 0 aromatic carbocycles. The van der Waals surface area contributed by atoms with Gasteiger partial charge >= 0.3 is 6.18 Å². The Balaban J connectivity index is 3.44. The Kier molecular flexibility index (Phi) is 4.44. The molecule has 5 heteroatoms. The van der Waals surface area contributed by atoms with Crippen LogP contribution in [0.1, 0.15) is 19.3 Å². The number of alkyl halides is 3. The van der Waals surface area contributed by atoms with E-state index in [1.807, 2.05) is 0 Å². The van der Waals surface area contributed by atoms with Crippen molar-refractivity contribution in [2.75, 3.05) is 6.61 Å². The standard InChI is InChI=1S/C6H11F3O2/c7-6(8,9)4-5(11)2-1-3-10/h5,10-11H,1-4H2. The van der Waals surface area contributed by atoms with Crippen LogP contribution >= 0.6 is 0 Å². The molecule has 2 N–H and O–H groups in total. The summed E-state index contributed by atoms with van der Waals surface area (Å²) in [5.74, 6) is 0. The van der Waals surface area contributed by atoms with Crippen LogP contribution in [0, 0.1) is 0 Å². The van der Waals surface area contributed by atoms with Crippen molar-refractivity contribution in [3.8, 4) is 0 Å². The van der Waals surface area contributed by atoms with E-state index in [0.29, 0.717) is 0 Å². The normalized spacial score (nSPS) is 15.0. The molecule has 0 aromatic heterocycles. The van der Waals surface area contributed by atoms with Gasteiger partial charge < -0.3 is 10.2 Å². The molecule has 11 heavy (non-hydrogen) atoms. The highest BCUT2D eigenvalue weighted by atomic mass is 19.4. The summed E-state index contributed by atoms with van der Waals surface area (Å²) in [5.41, 5.74) is 0. The fraction of sp³-hybridized carbons (Fsp3) is 1.00. The average Bonchev–Trinajstić information content (AvgIpc) is 1.79. The minimum atomic E-state index is -4.31. The van der Waals surface area contributed by atoms with Crippen molar-refractivity contribution < 1.29 is 23.4 Å². The first kappa shape index (κ1) is 10.7. The molecule has 1 unspecified atom stereocenters. The molecule has 0 bridgehead atoms. The molecule has 0 radical (unpaired) electrons. The summed E-state index contributed by atoms with van der Waals surface area (Å²) in [6.45, 7) is -0.186. The third kappa shape index (κ3) is 7.61. The second kappa shape index (κ2) is 4.56. The number of halogens is 3. The van der Waals surface area contributed by atoms with E-state index in [4.69, 9.17) is 10.2 Å². The van der Waals surface area contributed by atoms with E-state index in [-0.39, 0.29) is 19.4 Å². The van der Waals surface area contributed by atoms with Gasteiger partial charge in [0.25, 0.3) is 0 Å². The second-order valence-electron chi connectivity index (χ2n) is 2.34. The van der Waals surface area contributed by atoms with Crippen LogP contribution in [0.4, 0.5) is 13.2 Å². The maximum Gasteiger partial charge on any atom is 0.391 e. The third-order valence-electron chi connectivity index (χ3n) is 1.16. The summed E-state index contributed by atoms with van der Waals surface area (Å²) in [4.78, 5) is 0. The highest BCUT2D eigenvalue weighted by Gasteiger charge is 2.30. The van der Waals surface area contributed by atoms with Crippen LogP contribution in [0.15, 0.2) is 0 Å². The molecule has 1 atom stereocenters. The molecule has 0 aliphatic carbocycles. The van der Waals surface area contributed by atoms with Gasteiger partial charge in [-0.25, -0.2) is 0 Å². The minimum Gasteiger partial charge on any atom is -0.396 e. The predicted octanol–water partition coefficient (Wildman–Crippen LogP) is 1.07. The predicted molar refractivity (Wildman–Crippen MR) is 33.0 cm³/mol. The van der Waals surface area contributed by atoms with Crippen molar-refractivity contribution >= 4 is 0 Å². The van der Waals surface area contributed by atoms with Gasteiger partial charge in [0.2, 0.25) is 0 Å². The molecular weight excluding hydrogens is 161 g/mol. The van der Waals surface area contributed by atoms with Gasteiger partial charge in [0, 0.05) is 6.61 Å². The molecule has 68 valence electrons. The Morgan fingerprint density at radius 1 is 1.27 bits per heavy atom. The zero-order chi connectivity index (χ0) is 8.91. The molecule has 0 spiro atoms. The molecule has 0 saturated carbocycles. The van der Waals surface area contributed by atoms with Gasteiger partial charge in [-0.3, -0.25) is 0 Å². The zero-order valence-electron chi connectivity index (χ0n) is 5.93. The van der Waals surface area contributed by atoms with Crippen LogP contribution in [-0.2, 0) is 0 Å². The first-order chi connectivity index (χ1) is 4.95. The summed E-state index contributed by atoms with van der Waals surface area (Å²) in [5, 5.41) is 16.9. The van der Waals surface area contributed by atoms with E-state index >= 15 is 0 Å². The van der Waals surface area contributed by atoms with Gasteiger partial charge in [0.15, 0.2) is 0 Å². The van der Waals surface area contributed by atoms with E-state index in [1.54, 1.807) is 0 Å². The van der Waals surface area contributed by atoms with Crippen molar-refractivity contribution in [2.45, 2.75) is 31.5 Å². The maximum absolute atomic E-state index is 11.5. The zero-order valence-corrected chi connectivity index (χ0v) is 5.93. The van der Waals surface area contributed by atoms with Crippen molar-refractivity contribution in [3.05, 3.63) is 0 Å². The monoisotopic (exact) mass is 172 g/mol. The maximum atomic E-state index is 11.5. The van der Waals surface area contributed by atoms with Gasteiger partial charge in [-0.2, -0.15) is 13.2 Å². The quantitative estimate of drug-likeness (QED) is 0.666. The van der Waals surface area contributed by atoms with Crippen LogP contribution in [-0.4, -0.2) is 29.1 Å². The Hall–Kier alpha value is -0.290.